The molecule has 0 radical (unpaired) electrons. The van der Waals surface area contributed by atoms with E-state index < -0.39 is 0 Å². The molecule has 0 aliphatic rings. The molecule has 1 amide bonds. The smallest absolute Gasteiger partial charge is 0.255 e. The van der Waals surface area contributed by atoms with E-state index in [4.69, 9.17) is 0 Å². The lowest BCUT2D eigenvalue weighted by molar-refractivity contribution is 0.0958. The van der Waals surface area contributed by atoms with Gasteiger partial charge in [0, 0.05) is 5.56 Å². The number of aromatic nitrogens is 2. The minimum atomic E-state index is -0.169. The zero-order valence-electron chi connectivity index (χ0n) is 13.4. The van der Waals surface area contributed by atoms with Crippen molar-refractivity contribution < 1.29 is 4.79 Å². The molecular weight excluding hydrogens is 298 g/mol. The highest BCUT2D eigenvalue weighted by molar-refractivity contribution is 5.95. The van der Waals surface area contributed by atoms with E-state index in [1.165, 1.54) is 0 Å². The SMILES string of the molecule is Cc1c(C(=O)NCC#Cc2ccccc2)cnn1-c1ccccc1. The lowest BCUT2D eigenvalue weighted by Crippen LogP contribution is -2.24. The highest BCUT2D eigenvalue weighted by atomic mass is 16.1. The van der Waals surface area contributed by atoms with Crippen LogP contribution in [0.25, 0.3) is 5.69 Å². The van der Waals surface area contributed by atoms with E-state index in [0.717, 1.165) is 16.9 Å². The topological polar surface area (TPSA) is 46.9 Å². The predicted octanol–water partition coefficient (Wildman–Crippen LogP) is 2.96. The molecular formula is C20H17N3O. The molecule has 0 bridgehead atoms. The Balaban J connectivity index is 1.66. The largest absolute Gasteiger partial charge is 0.341 e. The van der Waals surface area contributed by atoms with Gasteiger partial charge in [-0.2, -0.15) is 5.10 Å². The molecule has 3 aromatic rings. The highest BCUT2D eigenvalue weighted by Crippen LogP contribution is 2.13. The van der Waals surface area contributed by atoms with E-state index in [9.17, 15) is 4.79 Å². The molecule has 1 N–H and O–H groups in total. The van der Waals surface area contributed by atoms with Crippen molar-refractivity contribution in [3.05, 3.63) is 83.7 Å². The molecule has 0 saturated carbocycles. The maximum atomic E-state index is 12.3. The normalized spacial score (nSPS) is 9.88. The number of amides is 1. The fourth-order valence-electron chi connectivity index (χ4n) is 2.35. The van der Waals surface area contributed by atoms with E-state index in [1.807, 2.05) is 67.6 Å². The molecule has 1 heterocycles. The fraction of sp³-hybridized carbons (Fsp3) is 0.100. The highest BCUT2D eigenvalue weighted by Gasteiger charge is 2.14. The number of nitrogens with one attached hydrogen (secondary N) is 1. The number of benzene rings is 2. The summed E-state index contributed by atoms with van der Waals surface area (Å²) in [6, 6.07) is 19.4. The van der Waals surface area contributed by atoms with Crippen LogP contribution < -0.4 is 5.32 Å². The Morgan fingerprint density at radius 3 is 2.46 bits per heavy atom. The molecule has 118 valence electrons. The Morgan fingerprint density at radius 1 is 1.08 bits per heavy atom. The molecule has 0 aliphatic carbocycles. The van der Waals surface area contributed by atoms with Gasteiger partial charge >= 0.3 is 0 Å². The van der Waals surface area contributed by atoms with Crippen LogP contribution in [0.1, 0.15) is 21.6 Å². The molecule has 0 aliphatic heterocycles. The molecule has 1 aromatic heterocycles. The number of carbonyl (C=O) groups is 1. The third-order valence-corrected chi connectivity index (χ3v) is 3.60. The van der Waals surface area contributed by atoms with Crippen LogP contribution in [0.15, 0.2) is 66.9 Å². The van der Waals surface area contributed by atoms with Crippen molar-refractivity contribution >= 4 is 5.91 Å². The molecule has 0 unspecified atom stereocenters. The minimum absolute atomic E-state index is 0.169. The Labute approximate surface area is 141 Å². The Hall–Kier alpha value is -3.32. The van der Waals surface area contributed by atoms with Crippen LogP contribution in [0.3, 0.4) is 0 Å². The summed E-state index contributed by atoms with van der Waals surface area (Å²) >= 11 is 0. The van der Waals surface area contributed by atoms with Crippen molar-refractivity contribution in [2.75, 3.05) is 6.54 Å². The van der Waals surface area contributed by atoms with Gasteiger partial charge in [-0.15, -0.1) is 0 Å². The molecule has 3 rings (SSSR count). The average molecular weight is 315 g/mol. The first kappa shape index (κ1) is 15.6. The van der Waals surface area contributed by atoms with Crippen LogP contribution in [-0.2, 0) is 0 Å². The first-order valence-corrected chi connectivity index (χ1v) is 7.68. The summed E-state index contributed by atoms with van der Waals surface area (Å²) in [7, 11) is 0. The Kier molecular flexibility index (Phi) is 4.73. The number of nitrogens with zero attached hydrogens (tertiary/aromatic N) is 2. The summed E-state index contributed by atoms with van der Waals surface area (Å²) in [6.07, 6.45) is 1.59. The van der Waals surface area contributed by atoms with Crippen LogP contribution in [-0.4, -0.2) is 22.2 Å². The van der Waals surface area contributed by atoms with E-state index >= 15 is 0 Å². The van der Waals surface area contributed by atoms with Crippen LogP contribution >= 0.6 is 0 Å². The molecule has 4 nitrogen and oxygen atoms in total. The second kappa shape index (κ2) is 7.30. The summed E-state index contributed by atoms with van der Waals surface area (Å²) < 4.78 is 1.75. The summed E-state index contributed by atoms with van der Waals surface area (Å²) in [4.78, 5) is 12.3. The van der Waals surface area contributed by atoms with E-state index in [2.05, 4.69) is 22.3 Å². The van der Waals surface area contributed by atoms with Crippen molar-refractivity contribution in [2.24, 2.45) is 0 Å². The molecule has 0 spiro atoms. The van der Waals surface area contributed by atoms with Crippen molar-refractivity contribution in [1.29, 1.82) is 0 Å². The third-order valence-electron chi connectivity index (χ3n) is 3.60. The quantitative estimate of drug-likeness (QED) is 0.755. The number of hydrogen-bond acceptors (Lipinski definition) is 2. The molecule has 0 atom stereocenters. The van der Waals surface area contributed by atoms with Gasteiger partial charge < -0.3 is 5.32 Å². The van der Waals surface area contributed by atoms with Gasteiger partial charge in [-0.3, -0.25) is 4.79 Å². The maximum Gasteiger partial charge on any atom is 0.255 e. The number of carbonyl (C=O) groups excluding carboxylic acids is 1. The minimum Gasteiger partial charge on any atom is -0.341 e. The van der Waals surface area contributed by atoms with Crippen LogP contribution in [0.4, 0.5) is 0 Å². The molecule has 4 heteroatoms. The van der Waals surface area contributed by atoms with E-state index in [0.29, 0.717) is 12.1 Å². The lowest BCUT2D eigenvalue weighted by atomic mass is 10.2. The Morgan fingerprint density at radius 2 is 1.75 bits per heavy atom. The van der Waals surface area contributed by atoms with Crippen LogP contribution in [0.2, 0.25) is 0 Å². The van der Waals surface area contributed by atoms with Gasteiger partial charge in [0.05, 0.1) is 29.7 Å². The van der Waals surface area contributed by atoms with Crippen molar-refractivity contribution in [1.82, 2.24) is 15.1 Å². The zero-order chi connectivity index (χ0) is 16.8. The first-order valence-electron chi connectivity index (χ1n) is 7.68. The standard InChI is InChI=1S/C20H17N3O/c1-16-19(15-22-23(16)18-12-6-3-7-13-18)20(24)21-14-8-11-17-9-4-2-5-10-17/h2-7,9-10,12-13,15H,14H2,1H3,(H,21,24). The first-order chi connectivity index (χ1) is 11.8. The molecule has 2 aromatic carbocycles. The summed E-state index contributed by atoms with van der Waals surface area (Å²) in [5.74, 6) is 5.79. The summed E-state index contributed by atoms with van der Waals surface area (Å²) in [5.41, 5.74) is 3.22. The van der Waals surface area contributed by atoms with Gasteiger partial charge in [-0.25, -0.2) is 4.68 Å². The number of hydrogen-bond donors (Lipinski definition) is 1. The van der Waals surface area contributed by atoms with Gasteiger partial charge in [-0.1, -0.05) is 48.2 Å². The van der Waals surface area contributed by atoms with Crippen LogP contribution in [0, 0.1) is 18.8 Å². The van der Waals surface area contributed by atoms with Gasteiger partial charge in [0.25, 0.3) is 5.91 Å². The molecule has 24 heavy (non-hydrogen) atoms. The zero-order valence-corrected chi connectivity index (χ0v) is 13.4. The van der Waals surface area contributed by atoms with Crippen molar-refractivity contribution in [3.63, 3.8) is 0 Å². The van der Waals surface area contributed by atoms with Gasteiger partial charge in [-0.05, 0) is 31.2 Å². The summed E-state index contributed by atoms with van der Waals surface area (Å²) in [5, 5.41) is 7.11. The molecule has 0 fully saturated rings. The van der Waals surface area contributed by atoms with Gasteiger partial charge in [0.1, 0.15) is 0 Å². The van der Waals surface area contributed by atoms with Gasteiger partial charge in [0.2, 0.25) is 0 Å². The average Bonchev–Trinajstić information content (AvgIpc) is 3.02. The monoisotopic (exact) mass is 315 g/mol. The Bertz CT molecular complexity index is 887. The van der Waals surface area contributed by atoms with E-state index in [-0.39, 0.29) is 5.91 Å². The number of para-hydroxylation sites is 1. The third kappa shape index (κ3) is 3.53. The van der Waals surface area contributed by atoms with Gasteiger partial charge in [0.15, 0.2) is 0 Å². The maximum absolute atomic E-state index is 12.3. The second-order valence-corrected chi connectivity index (χ2v) is 5.24. The summed E-state index contributed by atoms with van der Waals surface area (Å²) in [6.45, 7) is 2.17. The van der Waals surface area contributed by atoms with Crippen molar-refractivity contribution in [3.8, 4) is 17.5 Å². The predicted molar refractivity (Wildman–Crippen MR) is 94.0 cm³/mol. The number of rotatable bonds is 3. The van der Waals surface area contributed by atoms with E-state index in [1.54, 1.807) is 10.9 Å². The van der Waals surface area contributed by atoms with Crippen molar-refractivity contribution in [2.45, 2.75) is 6.92 Å². The second-order valence-electron chi connectivity index (χ2n) is 5.24. The van der Waals surface area contributed by atoms with Crippen LogP contribution in [0.5, 0.6) is 0 Å². The fourth-order valence-corrected chi connectivity index (χ4v) is 2.35. The lowest BCUT2D eigenvalue weighted by Gasteiger charge is -2.05. The molecule has 0 saturated heterocycles.